The number of nitrogens with zero attached hydrogens (tertiary/aromatic N) is 1. The second kappa shape index (κ2) is 6.22. The average molecular weight is 243 g/mol. The first-order valence-corrected chi connectivity index (χ1v) is 5.76. The number of aliphatic carboxylic acids is 1. The van der Waals surface area contributed by atoms with Crippen LogP contribution >= 0.6 is 0 Å². The Bertz CT molecular complexity index is 315. The largest absolute Gasteiger partial charge is 0.481 e. The number of hydrogen-bond donors (Lipinski definition) is 1. The van der Waals surface area contributed by atoms with Crippen molar-refractivity contribution >= 4 is 18.0 Å². The molecule has 0 aromatic carbocycles. The first kappa shape index (κ1) is 13.5. The van der Waals surface area contributed by atoms with Crippen LogP contribution in [0.2, 0.25) is 0 Å². The fourth-order valence-corrected chi connectivity index (χ4v) is 1.61. The van der Waals surface area contributed by atoms with E-state index in [0.717, 1.165) is 17.7 Å². The molecule has 1 aliphatic rings. The quantitative estimate of drug-likeness (QED) is 0.751. The topological polar surface area (TPSA) is 83.9 Å². The van der Waals surface area contributed by atoms with Crippen molar-refractivity contribution in [3.8, 4) is 0 Å². The number of hydrogen-bond acceptors (Lipinski definition) is 4. The zero-order valence-electron chi connectivity index (χ0n) is 9.85. The lowest BCUT2D eigenvalue weighted by Gasteiger charge is -2.28. The fourth-order valence-electron chi connectivity index (χ4n) is 1.61. The number of ether oxygens (including phenoxy) is 1. The molecule has 0 radical (unpaired) electrons. The van der Waals surface area contributed by atoms with E-state index in [2.05, 4.69) is 0 Å². The molecular weight excluding hydrogens is 226 g/mol. The van der Waals surface area contributed by atoms with Crippen LogP contribution in [-0.4, -0.2) is 41.1 Å². The van der Waals surface area contributed by atoms with Gasteiger partial charge in [0, 0.05) is 13.0 Å². The highest BCUT2D eigenvalue weighted by atomic mass is 16.6. The van der Waals surface area contributed by atoms with Gasteiger partial charge in [-0.1, -0.05) is 13.3 Å². The maximum atomic E-state index is 11.5. The molecule has 1 N–H and O–H groups in total. The van der Waals surface area contributed by atoms with E-state index in [4.69, 9.17) is 9.84 Å². The molecule has 1 unspecified atom stereocenters. The molecule has 0 spiro atoms. The van der Waals surface area contributed by atoms with E-state index in [9.17, 15) is 14.4 Å². The Morgan fingerprint density at radius 3 is 2.82 bits per heavy atom. The van der Waals surface area contributed by atoms with Crippen molar-refractivity contribution in [2.45, 2.75) is 32.6 Å². The molecule has 6 nitrogen and oxygen atoms in total. The predicted octanol–water partition coefficient (Wildman–Crippen LogP) is 1.25. The van der Waals surface area contributed by atoms with Crippen molar-refractivity contribution in [1.29, 1.82) is 0 Å². The zero-order valence-corrected chi connectivity index (χ0v) is 9.85. The standard InChI is InChI=1S/C11H17NO5/c1-2-3-6-17-11(16)12-7-8(10(14)15)4-5-9(12)13/h8H,2-7H2,1H3,(H,14,15). The molecular formula is C11H17NO5. The second-order valence-electron chi connectivity index (χ2n) is 4.05. The normalized spacial score (nSPS) is 20.2. The van der Waals surface area contributed by atoms with E-state index in [0.29, 0.717) is 0 Å². The third kappa shape index (κ3) is 3.72. The van der Waals surface area contributed by atoms with Crippen LogP contribution in [0.15, 0.2) is 0 Å². The van der Waals surface area contributed by atoms with Crippen molar-refractivity contribution in [2.24, 2.45) is 5.92 Å². The summed E-state index contributed by atoms with van der Waals surface area (Å²) in [7, 11) is 0. The Morgan fingerprint density at radius 1 is 1.53 bits per heavy atom. The molecule has 0 aromatic rings. The molecule has 1 heterocycles. The molecule has 0 bridgehead atoms. The van der Waals surface area contributed by atoms with Crippen molar-refractivity contribution in [3.05, 3.63) is 0 Å². The summed E-state index contributed by atoms with van der Waals surface area (Å²) in [6, 6.07) is 0. The maximum absolute atomic E-state index is 11.5. The Hall–Kier alpha value is -1.59. The minimum absolute atomic E-state index is 0.0832. The monoisotopic (exact) mass is 243 g/mol. The molecule has 0 aliphatic carbocycles. The summed E-state index contributed by atoms with van der Waals surface area (Å²) in [5.74, 6) is -2.01. The summed E-state index contributed by atoms with van der Waals surface area (Å²) in [5.41, 5.74) is 0. The third-order valence-electron chi connectivity index (χ3n) is 2.70. The number of carbonyl (C=O) groups is 3. The Kier molecular flexibility index (Phi) is 4.93. The summed E-state index contributed by atoms with van der Waals surface area (Å²) in [4.78, 5) is 34.7. The van der Waals surface area contributed by atoms with Crippen molar-refractivity contribution < 1.29 is 24.2 Å². The Labute approximate surface area is 99.5 Å². The number of rotatable bonds is 4. The number of carbonyl (C=O) groups excluding carboxylic acids is 2. The number of imide groups is 1. The summed E-state index contributed by atoms with van der Waals surface area (Å²) in [5, 5.41) is 8.85. The molecule has 0 aromatic heterocycles. The van der Waals surface area contributed by atoms with Gasteiger partial charge in [-0.25, -0.2) is 9.69 Å². The predicted molar refractivity (Wildman–Crippen MR) is 58.3 cm³/mol. The summed E-state index contributed by atoms with van der Waals surface area (Å²) in [6.07, 6.45) is 1.26. The van der Waals surface area contributed by atoms with Gasteiger partial charge in [0.05, 0.1) is 12.5 Å². The second-order valence-corrected chi connectivity index (χ2v) is 4.05. The summed E-state index contributed by atoms with van der Waals surface area (Å²) >= 11 is 0. The maximum Gasteiger partial charge on any atom is 0.416 e. The fraction of sp³-hybridized carbons (Fsp3) is 0.727. The highest BCUT2D eigenvalue weighted by Gasteiger charge is 2.34. The van der Waals surface area contributed by atoms with Gasteiger partial charge in [-0.15, -0.1) is 0 Å². The molecule has 1 saturated heterocycles. The molecule has 96 valence electrons. The van der Waals surface area contributed by atoms with Gasteiger partial charge < -0.3 is 9.84 Å². The molecule has 6 heteroatoms. The first-order chi connectivity index (χ1) is 8.06. The van der Waals surface area contributed by atoms with E-state index in [1.165, 1.54) is 0 Å². The number of piperidine rings is 1. The lowest BCUT2D eigenvalue weighted by atomic mass is 9.98. The van der Waals surface area contributed by atoms with E-state index < -0.39 is 18.0 Å². The zero-order chi connectivity index (χ0) is 12.8. The van der Waals surface area contributed by atoms with Crippen molar-refractivity contribution in [1.82, 2.24) is 4.90 Å². The van der Waals surface area contributed by atoms with Gasteiger partial charge in [0.15, 0.2) is 0 Å². The van der Waals surface area contributed by atoms with Gasteiger partial charge in [0.25, 0.3) is 0 Å². The van der Waals surface area contributed by atoms with E-state index in [1.54, 1.807) is 0 Å². The molecule has 1 aliphatic heterocycles. The van der Waals surface area contributed by atoms with E-state index in [-0.39, 0.29) is 31.9 Å². The average Bonchev–Trinajstić information content (AvgIpc) is 2.29. The number of unbranched alkanes of at least 4 members (excludes halogenated alkanes) is 1. The smallest absolute Gasteiger partial charge is 0.416 e. The van der Waals surface area contributed by atoms with Crippen LogP contribution < -0.4 is 0 Å². The third-order valence-corrected chi connectivity index (χ3v) is 2.70. The molecule has 17 heavy (non-hydrogen) atoms. The lowest BCUT2D eigenvalue weighted by molar-refractivity contribution is -0.146. The molecule has 1 rings (SSSR count). The van der Waals surface area contributed by atoms with Crippen LogP contribution in [0.5, 0.6) is 0 Å². The highest BCUT2D eigenvalue weighted by molar-refractivity contribution is 5.93. The lowest BCUT2D eigenvalue weighted by Crippen LogP contribution is -2.46. The van der Waals surface area contributed by atoms with E-state index >= 15 is 0 Å². The van der Waals surface area contributed by atoms with Gasteiger partial charge in [0.2, 0.25) is 5.91 Å². The SMILES string of the molecule is CCCCOC(=O)N1CC(C(=O)O)CCC1=O. The first-order valence-electron chi connectivity index (χ1n) is 5.76. The van der Waals surface area contributed by atoms with Crippen molar-refractivity contribution in [3.63, 3.8) is 0 Å². The summed E-state index contributed by atoms with van der Waals surface area (Å²) in [6.45, 7) is 2.14. The van der Waals surface area contributed by atoms with Crippen molar-refractivity contribution in [2.75, 3.05) is 13.2 Å². The number of carboxylic acids is 1. The number of carboxylic acid groups (broad SMARTS) is 1. The molecule has 0 saturated carbocycles. The van der Waals surface area contributed by atoms with Gasteiger partial charge in [0.1, 0.15) is 0 Å². The van der Waals surface area contributed by atoms with Crippen LogP contribution in [0.1, 0.15) is 32.6 Å². The highest BCUT2D eigenvalue weighted by Crippen LogP contribution is 2.18. The van der Waals surface area contributed by atoms with Gasteiger partial charge in [-0.2, -0.15) is 0 Å². The van der Waals surface area contributed by atoms with Crippen LogP contribution in [0, 0.1) is 5.92 Å². The number of amides is 2. The molecule has 1 fully saturated rings. The molecule has 1 atom stereocenters. The van der Waals surface area contributed by atoms with Gasteiger partial charge >= 0.3 is 12.1 Å². The summed E-state index contributed by atoms with van der Waals surface area (Å²) < 4.78 is 4.89. The van der Waals surface area contributed by atoms with Crippen LogP contribution in [0.4, 0.5) is 4.79 Å². The molecule has 2 amide bonds. The van der Waals surface area contributed by atoms with Gasteiger partial charge in [-0.05, 0) is 12.8 Å². The Balaban J connectivity index is 2.51. The van der Waals surface area contributed by atoms with Crippen LogP contribution in [0.3, 0.4) is 0 Å². The Morgan fingerprint density at radius 2 is 2.24 bits per heavy atom. The van der Waals surface area contributed by atoms with Crippen LogP contribution in [-0.2, 0) is 14.3 Å². The minimum atomic E-state index is -0.983. The number of likely N-dealkylation sites (tertiary alicyclic amines) is 1. The van der Waals surface area contributed by atoms with Gasteiger partial charge in [-0.3, -0.25) is 9.59 Å². The van der Waals surface area contributed by atoms with E-state index in [1.807, 2.05) is 6.92 Å². The van der Waals surface area contributed by atoms with Crippen LogP contribution in [0.25, 0.3) is 0 Å². The minimum Gasteiger partial charge on any atom is -0.481 e.